The highest BCUT2D eigenvalue weighted by atomic mass is 19.1. The van der Waals surface area contributed by atoms with Crippen LogP contribution in [0.1, 0.15) is 19.7 Å². The summed E-state index contributed by atoms with van der Waals surface area (Å²) in [5.41, 5.74) is -1.51. The zero-order valence-electron chi connectivity index (χ0n) is 5.85. The second-order valence-corrected chi connectivity index (χ2v) is 2.59. The van der Waals surface area contributed by atoms with Crippen LogP contribution in [-0.2, 0) is 5.67 Å². The molecule has 0 saturated carbocycles. The number of rotatable bonds is 1. The van der Waals surface area contributed by atoms with E-state index in [4.69, 9.17) is 5.11 Å². The first kappa shape index (κ1) is 7.05. The number of aromatic hydroxyl groups is 1. The van der Waals surface area contributed by atoms with Crippen molar-refractivity contribution < 1.29 is 9.50 Å². The third kappa shape index (κ3) is 1.26. The molecule has 0 atom stereocenters. The maximum Gasteiger partial charge on any atom is 0.208 e. The van der Waals surface area contributed by atoms with Gasteiger partial charge < -0.3 is 10.1 Å². The molecular formula is C6H9FN2O. The molecule has 0 fully saturated rings. The van der Waals surface area contributed by atoms with Crippen molar-refractivity contribution in [1.29, 1.82) is 0 Å². The zero-order valence-corrected chi connectivity index (χ0v) is 5.85. The minimum absolute atomic E-state index is 0.110. The predicted molar refractivity (Wildman–Crippen MR) is 34.4 cm³/mol. The summed E-state index contributed by atoms with van der Waals surface area (Å²) in [5, 5.41) is 8.73. The van der Waals surface area contributed by atoms with E-state index < -0.39 is 5.67 Å². The van der Waals surface area contributed by atoms with Crippen LogP contribution < -0.4 is 0 Å². The SMILES string of the molecule is CC(C)(F)c1ncc(O)[nH]1. The van der Waals surface area contributed by atoms with Crippen molar-refractivity contribution in [2.45, 2.75) is 19.5 Å². The molecule has 0 amide bonds. The maximum absolute atomic E-state index is 12.9. The summed E-state index contributed by atoms with van der Waals surface area (Å²) < 4.78 is 12.9. The first-order valence-electron chi connectivity index (χ1n) is 2.93. The van der Waals surface area contributed by atoms with Gasteiger partial charge in [0.1, 0.15) is 5.82 Å². The number of nitrogens with zero attached hydrogens (tertiary/aromatic N) is 1. The summed E-state index contributed by atoms with van der Waals surface area (Å²) in [5.74, 6) is 0.0331. The molecular weight excluding hydrogens is 135 g/mol. The van der Waals surface area contributed by atoms with Crippen LogP contribution in [0.25, 0.3) is 0 Å². The fourth-order valence-corrected chi connectivity index (χ4v) is 0.614. The largest absolute Gasteiger partial charge is 0.493 e. The van der Waals surface area contributed by atoms with Crippen molar-refractivity contribution in [3.63, 3.8) is 0 Å². The molecule has 0 saturated heterocycles. The van der Waals surface area contributed by atoms with Gasteiger partial charge in [0.15, 0.2) is 5.67 Å². The molecule has 1 rings (SSSR count). The summed E-state index contributed by atoms with van der Waals surface area (Å²) in [7, 11) is 0. The lowest BCUT2D eigenvalue weighted by molar-refractivity contribution is 0.207. The first-order chi connectivity index (χ1) is 4.50. The summed E-state index contributed by atoms with van der Waals surface area (Å²) in [6.07, 6.45) is 1.18. The predicted octanol–water partition coefficient (Wildman–Crippen LogP) is 1.32. The van der Waals surface area contributed by atoms with Crippen LogP contribution in [0.2, 0.25) is 0 Å². The highest BCUT2D eigenvalue weighted by Crippen LogP contribution is 2.22. The Kier molecular flexibility index (Phi) is 1.39. The highest BCUT2D eigenvalue weighted by molar-refractivity contribution is 5.09. The fourth-order valence-electron chi connectivity index (χ4n) is 0.614. The molecule has 0 aliphatic carbocycles. The first-order valence-corrected chi connectivity index (χ1v) is 2.93. The van der Waals surface area contributed by atoms with Gasteiger partial charge in [-0.25, -0.2) is 9.37 Å². The van der Waals surface area contributed by atoms with Gasteiger partial charge in [0, 0.05) is 0 Å². The van der Waals surface area contributed by atoms with Crippen LogP contribution in [0.3, 0.4) is 0 Å². The van der Waals surface area contributed by atoms with Crippen molar-refractivity contribution in [1.82, 2.24) is 9.97 Å². The summed E-state index contributed by atoms with van der Waals surface area (Å²) in [4.78, 5) is 5.99. The lowest BCUT2D eigenvalue weighted by Crippen LogP contribution is -2.10. The van der Waals surface area contributed by atoms with Crippen LogP contribution in [-0.4, -0.2) is 15.1 Å². The minimum Gasteiger partial charge on any atom is -0.493 e. The molecule has 0 aromatic carbocycles. The topological polar surface area (TPSA) is 48.9 Å². The molecule has 0 bridgehead atoms. The van der Waals surface area contributed by atoms with Crippen LogP contribution in [0.5, 0.6) is 5.88 Å². The van der Waals surface area contributed by atoms with Crippen LogP contribution in [0.4, 0.5) is 4.39 Å². The standard InChI is InChI=1S/C6H9FN2O/c1-6(2,7)5-8-3-4(10)9-5/h3,10H,1-2H3,(H,8,9). The normalized spacial score (nSPS) is 11.9. The van der Waals surface area contributed by atoms with E-state index in [1.807, 2.05) is 0 Å². The number of aromatic amines is 1. The number of hydrogen-bond acceptors (Lipinski definition) is 2. The molecule has 10 heavy (non-hydrogen) atoms. The molecule has 0 unspecified atom stereocenters. The monoisotopic (exact) mass is 144 g/mol. The van der Waals surface area contributed by atoms with Gasteiger partial charge in [-0.15, -0.1) is 0 Å². The lowest BCUT2D eigenvalue weighted by atomic mass is 10.2. The molecule has 4 heteroatoms. The van der Waals surface area contributed by atoms with Crippen LogP contribution in [0.15, 0.2) is 6.20 Å². The average molecular weight is 144 g/mol. The van der Waals surface area contributed by atoms with E-state index in [0.29, 0.717) is 0 Å². The van der Waals surface area contributed by atoms with Gasteiger partial charge in [0.25, 0.3) is 0 Å². The maximum atomic E-state index is 12.9. The van der Waals surface area contributed by atoms with Crippen molar-refractivity contribution in [3.05, 3.63) is 12.0 Å². The molecule has 1 heterocycles. The van der Waals surface area contributed by atoms with Crippen molar-refractivity contribution in [3.8, 4) is 5.88 Å². The van der Waals surface area contributed by atoms with Gasteiger partial charge in [-0.05, 0) is 13.8 Å². The van der Waals surface area contributed by atoms with Gasteiger partial charge in [-0.3, -0.25) is 0 Å². The van der Waals surface area contributed by atoms with Gasteiger partial charge in [-0.2, -0.15) is 0 Å². The number of alkyl halides is 1. The van der Waals surface area contributed by atoms with Crippen LogP contribution >= 0.6 is 0 Å². The summed E-state index contributed by atoms with van der Waals surface area (Å²) in [6.45, 7) is 2.73. The van der Waals surface area contributed by atoms with E-state index in [0.717, 1.165) is 0 Å². The number of hydrogen-bond donors (Lipinski definition) is 2. The molecule has 0 radical (unpaired) electrons. The fraction of sp³-hybridized carbons (Fsp3) is 0.500. The number of nitrogens with one attached hydrogen (secondary N) is 1. The quantitative estimate of drug-likeness (QED) is 0.624. The Morgan fingerprint density at radius 3 is 2.50 bits per heavy atom. The number of halogens is 1. The third-order valence-corrected chi connectivity index (χ3v) is 1.13. The van der Waals surface area contributed by atoms with Crippen molar-refractivity contribution >= 4 is 0 Å². The Labute approximate surface area is 57.9 Å². The number of aromatic nitrogens is 2. The van der Waals surface area contributed by atoms with Crippen molar-refractivity contribution in [2.24, 2.45) is 0 Å². The zero-order chi connectivity index (χ0) is 7.78. The van der Waals surface area contributed by atoms with Crippen LogP contribution in [0, 0.1) is 0 Å². The Morgan fingerprint density at radius 1 is 1.70 bits per heavy atom. The van der Waals surface area contributed by atoms with E-state index in [2.05, 4.69) is 9.97 Å². The lowest BCUT2D eigenvalue weighted by Gasteiger charge is -2.08. The Morgan fingerprint density at radius 2 is 2.30 bits per heavy atom. The molecule has 56 valence electrons. The second kappa shape index (κ2) is 1.97. The third-order valence-electron chi connectivity index (χ3n) is 1.13. The Hall–Kier alpha value is -1.06. The highest BCUT2D eigenvalue weighted by Gasteiger charge is 2.22. The minimum atomic E-state index is -1.51. The Balaban J connectivity index is 2.96. The second-order valence-electron chi connectivity index (χ2n) is 2.59. The van der Waals surface area contributed by atoms with Gasteiger partial charge in [0.2, 0.25) is 5.88 Å². The van der Waals surface area contributed by atoms with Gasteiger partial charge >= 0.3 is 0 Å². The number of H-pyrrole nitrogens is 1. The van der Waals surface area contributed by atoms with Gasteiger partial charge in [-0.1, -0.05) is 0 Å². The van der Waals surface area contributed by atoms with E-state index in [1.165, 1.54) is 20.0 Å². The van der Waals surface area contributed by atoms with E-state index in [1.54, 1.807) is 0 Å². The summed E-state index contributed by atoms with van der Waals surface area (Å²) >= 11 is 0. The van der Waals surface area contributed by atoms with E-state index in [9.17, 15) is 4.39 Å². The number of imidazole rings is 1. The van der Waals surface area contributed by atoms with E-state index >= 15 is 0 Å². The van der Waals surface area contributed by atoms with Crippen molar-refractivity contribution in [2.75, 3.05) is 0 Å². The molecule has 3 nitrogen and oxygen atoms in total. The van der Waals surface area contributed by atoms with Gasteiger partial charge in [0.05, 0.1) is 6.20 Å². The molecule has 2 N–H and O–H groups in total. The molecule has 1 aromatic heterocycles. The molecule has 0 aliphatic rings. The smallest absolute Gasteiger partial charge is 0.208 e. The molecule has 0 aliphatic heterocycles. The Bertz CT molecular complexity index is 226. The van der Waals surface area contributed by atoms with E-state index in [-0.39, 0.29) is 11.7 Å². The summed E-state index contributed by atoms with van der Waals surface area (Å²) in [6, 6.07) is 0. The average Bonchev–Trinajstić information content (AvgIpc) is 2.11. The molecule has 1 aromatic rings. The molecule has 0 spiro atoms.